The number of rotatable bonds is 6. The Bertz CT molecular complexity index is 2680. The average Bonchev–Trinajstić information content (AvgIpc) is 3.57. The monoisotopic (exact) mass is 726 g/mol. The summed E-state index contributed by atoms with van der Waals surface area (Å²) in [7, 11) is 0. The van der Waals surface area contributed by atoms with Crippen molar-refractivity contribution in [3.63, 3.8) is 0 Å². The van der Waals surface area contributed by atoms with Gasteiger partial charge in [0.25, 0.3) is 0 Å². The Kier molecular flexibility index (Phi) is 8.33. The zero-order valence-electron chi connectivity index (χ0n) is 31.7. The number of aromatic nitrogens is 5. The molecule has 5 aromatic carbocycles. The lowest BCUT2D eigenvalue weighted by Gasteiger charge is -2.50. The standard InChI is InChI=1S/C50H42N6/c1-32-25-35-26-33(2)28-50(27-32,29-35)41-22-19-37(20-23-41)36-15-17-39(18-16-36)48-53-47(38-13-11-34(30-51)12-14-38)54-49(55-48)40-21-24-46(52-31-40)56-44-9-5-3-7-42(44)43-8-4-6-10-45(43)56/h3-24,31-33,35H,25-29H2,1-2H3/t32-,33+,35-,50?. The fourth-order valence-corrected chi connectivity index (χ4v) is 10.2. The molecule has 8 aromatic rings. The van der Waals surface area contributed by atoms with Crippen molar-refractivity contribution in [2.45, 2.75) is 51.4 Å². The molecule has 0 N–H and O–H groups in total. The summed E-state index contributed by atoms with van der Waals surface area (Å²) < 4.78 is 2.20. The van der Waals surface area contributed by atoms with E-state index in [1.165, 1.54) is 54.0 Å². The third-order valence-corrected chi connectivity index (χ3v) is 12.3. The molecular weight excluding hydrogens is 685 g/mol. The van der Waals surface area contributed by atoms with Gasteiger partial charge in [-0.2, -0.15) is 5.26 Å². The van der Waals surface area contributed by atoms with Gasteiger partial charge in [0, 0.05) is 33.7 Å². The molecular formula is C50H42N6. The van der Waals surface area contributed by atoms with Crippen molar-refractivity contribution in [1.29, 1.82) is 5.26 Å². The van der Waals surface area contributed by atoms with E-state index in [1.807, 2.05) is 30.5 Å². The molecule has 0 saturated heterocycles. The Morgan fingerprint density at radius 3 is 1.57 bits per heavy atom. The molecule has 2 fully saturated rings. The molecule has 0 amide bonds. The first-order valence-electron chi connectivity index (χ1n) is 19.9. The second kappa shape index (κ2) is 13.7. The summed E-state index contributed by atoms with van der Waals surface area (Å²) >= 11 is 0. The molecule has 56 heavy (non-hydrogen) atoms. The van der Waals surface area contributed by atoms with Gasteiger partial charge in [-0.3, -0.25) is 4.57 Å². The van der Waals surface area contributed by atoms with Crippen molar-refractivity contribution in [2.24, 2.45) is 17.8 Å². The van der Waals surface area contributed by atoms with Gasteiger partial charge >= 0.3 is 0 Å². The summed E-state index contributed by atoms with van der Waals surface area (Å²) in [5, 5.41) is 11.8. The maximum Gasteiger partial charge on any atom is 0.165 e. The van der Waals surface area contributed by atoms with Crippen LogP contribution < -0.4 is 0 Å². The fraction of sp³-hybridized carbons (Fsp3) is 0.220. The molecule has 0 aliphatic heterocycles. The molecule has 4 atom stereocenters. The molecule has 10 rings (SSSR count). The van der Waals surface area contributed by atoms with E-state index in [-0.39, 0.29) is 0 Å². The van der Waals surface area contributed by atoms with Gasteiger partial charge < -0.3 is 0 Å². The average molecular weight is 727 g/mol. The first-order chi connectivity index (χ1) is 27.4. The van der Waals surface area contributed by atoms with Crippen LogP contribution in [0.5, 0.6) is 0 Å². The lowest BCUT2D eigenvalue weighted by Crippen LogP contribution is -2.42. The van der Waals surface area contributed by atoms with Gasteiger partial charge in [0.05, 0.1) is 22.7 Å². The second-order valence-corrected chi connectivity index (χ2v) is 16.4. The van der Waals surface area contributed by atoms with Crippen molar-refractivity contribution in [2.75, 3.05) is 0 Å². The number of pyridine rings is 1. The summed E-state index contributed by atoms with van der Waals surface area (Å²) in [5.74, 6) is 4.93. The van der Waals surface area contributed by atoms with Crippen LogP contribution in [0.25, 0.3) is 72.9 Å². The summed E-state index contributed by atoms with van der Waals surface area (Å²) in [6, 6.07) is 48.4. The van der Waals surface area contributed by atoms with E-state index < -0.39 is 0 Å². The molecule has 3 heterocycles. The van der Waals surface area contributed by atoms with Crippen LogP contribution in [-0.2, 0) is 5.41 Å². The van der Waals surface area contributed by atoms with Gasteiger partial charge in [-0.15, -0.1) is 0 Å². The predicted molar refractivity (Wildman–Crippen MR) is 225 cm³/mol. The Morgan fingerprint density at radius 1 is 0.554 bits per heavy atom. The fourth-order valence-electron chi connectivity index (χ4n) is 10.2. The Morgan fingerprint density at radius 2 is 1.04 bits per heavy atom. The Balaban J connectivity index is 0.986. The van der Waals surface area contributed by atoms with Crippen molar-refractivity contribution in [3.05, 3.63) is 151 Å². The number of hydrogen-bond donors (Lipinski definition) is 0. The predicted octanol–water partition coefficient (Wildman–Crippen LogP) is 12.0. The third kappa shape index (κ3) is 6.05. The highest BCUT2D eigenvalue weighted by Gasteiger charge is 2.45. The van der Waals surface area contributed by atoms with E-state index in [2.05, 4.69) is 122 Å². The first kappa shape index (κ1) is 34.1. The third-order valence-electron chi connectivity index (χ3n) is 12.3. The minimum atomic E-state index is 0.326. The molecule has 6 nitrogen and oxygen atoms in total. The van der Waals surface area contributed by atoms with E-state index in [0.717, 1.165) is 56.9 Å². The lowest BCUT2D eigenvalue weighted by atomic mass is 9.54. The van der Waals surface area contributed by atoms with Crippen molar-refractivity contribution >= 4 is 21.8 Å². The number of fused-ring (bicyclic) bond motifs is 5. The van der Waals surface area contributed by atoms with E-state index in [4.69, 9.17) is 19.9 Å². The van der Waals surface area contributed by atoms with E-state index in [9.17, 15) is 5.26 Å². The summed E-state index contributed by atoms with van der Waals surface area (Å²) in [6.07, 6.45) is 8.58. The minimum absolute atomic E-state index is 0.326. The van der Waals surface area contributed by atoms with Crippen LogP contribution >= 0.6 is 0 Å². The van der Waals surface area contributed by atoms with Crippen LogP contribution in [0.4, 0.5) is 0 Å². The molecule has 2 aliphatic rings. The van der Waals surface area contributed by atoms with Gasteiger partial charge in [-0.1, -0.05) is 98.8 Å². The molecule has 272 valence electrons. The first-order valence-corrected chi connectivity index (χ1v) is 19.9. The normalized spacial score (nSPS) is 20.6. The van der Waals surface area contributed by atoms with Crippen LogP contribution in [0.3, 0.4) is 0 Å². The molecule has 6 heteroatoms. The zero-order valence-corrected chi connectivity index (χ0v) is 31.7. The van der Waals surface area contributed by atoms with Crippen LogP contribution in [0, 0.1) is 29.1 Å². The molecule has 3 aromatic heterocycles. The van der Waals surface area contributed by atoms with Crippen LogP contribution in [0.1, 0.15) is 57.1 Å². The highest BCUT2D eigenvalue weighted by Crippen LogP contribution is 2.54. The van der Waals surface area contributed by atoms with Crippen LogP contribution in [-0.4, -0.2) is 24.5 Å². The molecule has 2 bridgehead atoms. The van der Waals surface area contributed by atoms with Gasteiger partial charge in [0.2, 0.25) is 0 Å². The van der Waals surface area contributed by atoms with Gasteiger partial charge in [0.15, 0.2) is 17.5 Å². The van der Waals surface area contributed by atoms with Crippen LogP contribution in [0.15, 0.2) is 140 Å². The van der Waals surface area contributed by atoms with E-state index in [0.29, 0.717) is 28.5 Å². The number of nitrogens with zero attached hydrogens (tertiary/aromatic N) is 6. The van der Waals surface area contributed by atoms with Crippen molar-refractivity contribution in [1.82, 2.24) is 24.5 Å². The highest BCUT2D eigenvalue weighted by molar-refractivity contribution is 6.09. The van der Waals surface area contributed by atoms with Gasteiger partial charge in [-0.25, -0.2) is 19.9 Å². The summed E-state index contributed by atoms with van der Waals surface area (Å²) in [4.78, 5) is 19.9. The molecule has 2 saturated carbocycles. The maximum atomic E-state index is 9.42. The summed E-state index contributed by atoms with van der Waals surface area (Å²) in [6.45, 7) is 4.91. The smallest absolute Gasteiger partial charge is 0.165 e. The van der Waals surface area contributed by atoms with E-state index >= 15 is 0 Å². The summed E-state index contributed by atoms with van der Waals surface area (Å²) in [5.41, 5.74) is 9.52. The second-order valence-electron chi connectivity index (χ2n) is 16.4. The lowest BCUT2D eigenvalue weighted by molar-refractivity contribution is 0.0780. The quantitative estimate of drug-likeness (QED) is 0.170. The molecule has 0 spiro atoms. The van der Waals surface area contributed by atoms with Crippen LogP contribution in [0.2, 0.25) is 0 Å². The van der Waals surface area contributed by atoms with Gasteiger partial charge in [0.1, 0.15) is 5.82 Å². The number of para-hydroxylation sites is 2. The highest BCUT2D eigenvalue weighted by atomic mass is 15.1. The zero-order chi connectivity index (χ0) is 37.8. The molecule has 0 radical (unpaired) electrons. The minimum Gasteiger partial charge on any atom is -0.294 e. The largest absolute Gasteiger partial charge is 0.294 e. The number of hydrogen-bond acceptors (Lipinski definition) is 5. The van der Waals surface area contributed by atoms with E-state index in [1.54, 1.807) is 12.1 Å². The molecule has 1 unspecified atom stereocenters. The Labute approximate surface area is 327 Å². The maximum absolute atomic E-state index is 9.42. The Hall–Kier alpha value is -6.45. The van der Waals surface area contributed by atoms with Gasteiger partial charge in [-0.05, 0) is 120 Å². The van der Waals surface area contributed by atoms with Crippen molar-refractivity contribution in [3.8, 4) is 57.2 Å². The van der Waals surface area contributed by atoms with Crippen molar-refractivity contribution < 1.29 is 0 Å². The topological polar surface area (TPSA) is 80.3 Å². The number of benzene rings is 5. The SMILES string of the molecule is C[C@@H]1C[C@@H]2C[C@H](C)CC(c3ccc(-c4ccc(-c5nc(-c6ccc(C#N)cc6)nc(-c6ccc(-n7c8ccccc8c8ccccc87)nc6)n5)cc4)cc3)(C1)C2. The molecule has 2 aliphatic carbocycles. The number of nitriles is 1.